The van der Waals surface area contributed by atoms with Gasteiger partial charge in [-0.1, -0.05) is 6.07 Å². The van der Waals surface area contributed by atoms with Crippen LogP contribution in [0.2, 0.25) is 0 Å². The van der Waals surface area contributed by atoms with E-state index >= 15 is 0 Å². The molecule has 0 fully saturated rings. The molecule has 1 aromatic carbocycles. The van der Waals surface area contributed by atoms with E-state index in [0.29, 0.717) is 0 Å². The van der Waals surface area contributed by atoms with E-state index in [0.717, 1.165) is 42.0 Å². The fourth-order valence-corrected chi connectivity index (χ4v) is 2.22. The number of hydrogen-bond donors (Lipinski definition) is 1. The van der Waals surface area contributed by atoms with Gasteiger partial charge in [0.05, 0.1) is 11.0 Å². The first-order valence-corrected chi connectivity index (χ1v) is 6.26. The molecule has 0 radical (unpaired) electrons. The first-order valence-electron chi connectivity index (χ1n) is 5.72. The topological polar surface area (TPSA) is 28.7 Å². The van der Waals surface area contributed by atoms with Gasteiger partial charge < -0.3 is 4.98 Å². The Morgan fingerprint density at radius 1 is 1.25 bits per heavy atom. The summed E-state index contributed by atoms with van der Waals surface area (Å²) in [5, 5.41) is 0. The van der Waals surface area contributed by atoms with E-state index in [1.54, 1.807) is 0 Å². The summed E-state index contributed by atoms with van der Waals surface area (Å²) in [4.78, 5) is 8.01. The number of rotatable bonds is 4. The van der Waals surface area contributed by atoms with Crippen molar-refractivity contribution in [3.8, 4) is 0 Å². The molecule has 0 spiro atoms. The van der Waals surface area contributed by atoms with Crippen molar-refractivity contribution in [2.24, 2.45) is 0 Å². The molecule has 1 heterocycles. The van der Waals surface area contributed by atoms with Gasteiger partial charge in [0.25, 0.3) is 0 Å². The summed E-state index contributed by atoms with van der Waals surface area (Å²) in [6.45, 7) is 4.22. The molecule has 0 aliphatic heterocycles. The molecule has 0 unspecified atom stereocenters. The summed E-state index contributed by atoms with van der Waals surface area (Å²) in [7, 11) is 0. The predicted octanol–water partition coefficient (Wildman–Crippen LogP) is 3.74. The number of aryl methyl sites for hydroxylation is 3. The Kier molecular flexibility index (Phi) is 3.49. The lowest BCUT2D eigenvalue weighted by molar-refractivity contribution is 0.769. The van der Waals surface area contributed by atoms with Gasteiger partial charge in [-0.3, -0.25) is 0 Å². The second-order valence-corrected chi connectivity index (χ2v) is 4.69. The van der Waals surface area contributed by atoms with Crippen LogP contribution >= 0.6 is 11.6 Å². The van der Waals surface area contributed by atoms with Gasteiger partial charge in [-0.15, -0.1) is 11.6 Å². The highest BCUT2D eigenvalue weighted by molar-refractivity contribution is 6.17. The first-order chi connectivity index (χ1) is 7.70. The van der Waals surface area contributed by atoms with E-state index in [1.165, 1.54) is 11.1 Å². The van der Waals surface area contributed by atoms with E-state index in [4.69, 9.17) is 11.6 Å². The highest BCUT2D eigenvalue weighted by Crippen LogP contribution is 2.18. The Labute approximate surface area is 101 Å². The number of fused-ring (bicyclic) bond motifs is 1. The average Bonchev–Trinajstić information content (AvgIpc) is 2.61. The van der Waals surface area contributed by atoms with E-state index < -0.39 is 0 Å². The van der Waals surface area contributed by atoms with Crippen LogP contribution in [-0.4, -0.2) is 15.8 Å². The number of hydrogen-bond acceptors (Lipinski definition) is 1. The molecular weight excluding hydrogens is 220 g/mol. The van der Waals surface area contributed by atoms with Crippen molar-refractivity contribution in [2.45, 2.75) is 33.1 Å². The monoisotopic (exact) mass is 236 g/mol. The average molecular weight is 237 g/mol. The molecule has 0 amide bonds. The molecule has 1 aromatic heterocycles. The van der Waals surface area contributed by atoms with E-state index in [-0.39, 0.29) is 0 Å². The molecule has 0 atom stereocenters. The van der Waals surface area contributed by atoms with Gasteiger partial charge in [0, 0.05) is 12.3 Å². The maximum Gasteiger partial charge on any atom is 0.107 e. The van der Waals surface area contributed by atoms with Crippen LogP contribution in [0.3, 0.4) is 0 Å². The van der Waals surface area contributed by atoms with Crippen molar-refractivity contribution in [3.05, 3.63) is 29.1 Å². The lowest BCUT2D eigenvalue weighted by atomic mass is 10.1. The van der Waals surface area contributed by atoms with Gasteiger partial charge in [-0.05, 0) is 43.9 Å². The predicted molar refractivity (Wildman–Crippen MR) is 69.2 cm³/mol. The van der Waals surface area contributed by atoms with Gasteiger partial charge in [-0.2, -0.15) is 0 Å². The first kappa shape index (κ1) is 11.5. The molecule has 2 nitrogen and oxygen atoms in total. The molecule has 0 saturated carbocycles. The smallest absolute Gasteiger partial charge is 0.107 e. The maximum absolute atomic E-state index is 5.66. The van der Waals surface area contributed by atoms with Gasteiger partial charge in [-0.25, -0.2) is 4.98 Å². The summed E-state index contributed by atoms with van der Waals surface area (Å²) in [5.74, 6) is 1.81. The minimum atomic E-state index is 0.734. The van der Waals surface area contributed by atoms with Crippen LogP contribution in [0.15, 0.2) is 12.1 Å². The number of nitrogens with one attached hydrogen (secondary N) is 1. The molecule has 86 valence electrons. The van der Waals surface area contributed by atoms with Gasteiger partial charge in [0.2, 0.25) is 0 Å². The second-order valence-electron chi connectivity index (χ2n) is 4.31. The van der Waals surface area contributed by atoms with Gasteiger partial charge in [0.1, 0.15) is 5.82 Å². The Balaban J connectivity index is 2.26. The van der Waals surface area contributed by atoms with Crippen molar-refractivity contribution in [1.29, 1.82) is 0 Å². The normalized spacial score (nSPS) is 11.2. The Morgan fingerprint density at radius 3 is 2.81 bits per heavy atom. The third-order valence-corrected chi connectivity index (χ3v) is 3.04. The van der Waals surface area contributed by atoms with Crippen molar-refractivity contribution >= 4 is 22.6 Å². The minimum absolute atomic E-state index is 0.734. The summed E-state index contributed by atoms with van der Waals surface area (Å²) in [5.41, 5.74) is 4.78. The minimum Gasteiger partial charge on any atom is -0.342 e. The van der Waals surface area contributed by atoms with Crippen LogP contribution in [-0.2, 0) is 6.42 Å². The molecule has 2 aromatic rings. The standard InChI is InChI=1S/C13H17ClN2/c1-9-7-10(2)13-11(8-9)15-12(16-13)5-3-4-6-14/h7-8H,3-6H2,1-2H3,(H,15,16). The van der Waals surface area contributed by atoms with Crippen LogP contribution in [0, 0.1) is 13.8 Å². The SMILES string of the molecule is Cc1cc(C)c2nc(CCCCCl)[nH]c2c1. The lowest BCUT2D eigenvalue weighted by Crippen LogP contribution is -1.88. The molecule has 0 bridgehead atoms. The molecule has 2 rings (SSSR count). The van der Waals surface area contributed by atoms with Crippen LogP contribution < -0.4 is 0 Å². The maximum atomic E-state index is 5.66. The number of H-pyrrole nitrogens is 1. The summed E-state index contributed by atoms with van der Waals surface area (Å²) >= 11 is 5.66. The number of imidazole rings is 1. The van der Waals surface area contributed by atoms with Crippen molar-refractivity contribution in [1.82, 2.24) is 9.97 Å². The van der Waals surface area contributed by atoms with Crippen LogP contribution in [0.4, 0.5) is 0 Å². The molecule has 3 heteroatoms. The van der Waals surface area contributed by atoms with Crippen molar-refractivity contribution in [3.63, 3.8) is 0 Å². The summed E-state index contributed by atoms with van der Waals surface area (Å²) < 4.78 is 0. The van der Waals surface area contributed by atoms with Crippen LogP contribution in [0.5, 0.6) is 0 Å². The quantitative estimate of drug-likeness (QED) is 0.636. The highest BCUT2D eigenvalue weighted by atomic mass is 35.5. The number of alkyl halides is 1. The summed E-state index contributed by atoms with van der Waals surface area (Å²) in [6, 6.07) is 4.33. The Morgan fingerprint density at radius 2 is 2.06 bits per heavy atom. The molecule has 1 N–H and O–H groups in total. The van der Waals surface area contributed by atoms with Crippen LogP contribution in [0.25, 0.3) is 11.0 Å². The lowest BCUT2D eigenvalue weighted by Gasteiger charge is -1.96. The van der Waals surface area contributed by atoms with E-state index in [9.17, 15) is 0 Å². The highest BCUT2D eigenvalue weighted by Gasteiger charge is 2.05. The molecule has 16 heavy (non-hydrogen) atoms. The summed E-state index contributed by atoms with van der Waals surface area (Å²) in [6.07, 6.45) is 3.14. The fourth-order valence-electron chi connectivity index (χ4n) is 2.03. The molecule has 0 saturated heterocycles. The van der Waals surface area contributed by atoms with E-state index in [1.807, 2.05) is 0 Å². The number of aromatic amines is 1. The molecule has 0 aliphatic rings. The van der Waals surface area contributed by atoms with Crippen LogP contribution in [0.1, 0.15) is 29.8 Å². The Hall–Kier alpha value is -1.02. The van der Waals surface area contributed by atoms with Crippen molar-refractivity contribution < 1.29 is 0 Å². The third-order valence-electron chi connectivity index (χ3n) is 2.77. The number of benzene rings is 1. The third kappa shape index (κ3) is 2.38. The number of aromatic nitrogens is 2. The largest absolute Gasteiger partial charge is 0.342 e. The Bertz CT molecular complexity index is 488. The van der Waals surface area contributed by atoms with Gasteiger partial charge in [0.15, 0.2) is 0 Å². The second kappa shape index (κ2) is 4.88. The van der Waals surface area contributed by atoms with Crippen molar-refractivity contribution in [2.75, 3.05) is 5.88 Å². The number of unbranched alkanes of at least 4 members (excludes halogenated alkanes) is 1. The molecular formula is C13H17ClN2. The zero-order valence-corrected chi connectivity index (χ0v) is 10.6. The molecule has 0 aliphatic carbocycles. The zero-order chi connectivity index (χ0) is 11.5. The van der Waals surface area contributed by atoms with Gasteiger partial charge >= 0.3 is 0 Å². The fraction of sp³-hybridized carbons (Fsp3) is 0.462. The van der Waals surface area contributed by atoms with E-state index in [2.05, 4.69) is 35.9 Å². The zero-order valence-electron chi connectivity index (χ0n) is 9.81. The number of halogens is 1. The number of nitrogens with zero attached hydrogens (tertiary/aromatic N) is 1.